The topological polar surface area (TPSA) is 216 Å². The monoisotopic (exact) mass is 1100 g/mol. The minimum atomic E-state index is -4.30. The Morgan fingerprint density at radius 3 is 1.29 bits per heavy atom. The number of aliphatic hydroxyl groups is 2. The van der Waals surface area contributed by atoms with Gasteiger partial charge in [-0.25, -0.2) is 9.59 Å². The minimum absolute atomic E-state index is 0.0153. The molecular weight excluding hydrogens is 1040 g/mol. The highest BCUT2D eigenvalue weighted by atomic mass is 19.4. The second kappa shape index (κ2) is 26.6. The fourth-order valence-corrected chi connectivity index (χ4v) is 8.10. The van der Waals surface area contributed by atoms with Gasteiger partial charge in [-0.2, -0.15) is 26.3 Å². The molecule has 6 aromatic rings. The summed E-state index contributed by atoms with van der Waals surface area (Å²) in [5.41, 5.74) is 12.7. The van der Waals surface area contributed by atoms with Crippen LogP contribution in [0, 0.1) is 5.41 Å². The lowest BCUT2D eigenvalue weighted by atomic mass is 9.65. The summed E-state index contributed by atoms with van der Waals surface area (Å²) in [6, 6.07) is 32.8. The van der Waals surface area contributed by atoms with Gasteiger partial charge in [0, 0.05) is 36.1 Å². The summed E-state index contributed by atoms with van der Waals surface area (Å²) in [6.45, 7) is -0.353. The average molecular weight is 1100 g/mol. The van der Waals surface area contributed by atoms with Crippen LogP contribution in [-0.4, -0.2) is 79.3 Å². The van der Waals surface area contributed by atoms with Crippen LogP contribution in [0.3, 0.4) is 0 Å². The van der Waals surface area contributed by atoms with E-state index >= 15 is 0 Å². The molecule has 0 saturated carbocycles. The molecule has 0 aromatic heterocycles. The van der Waals surface area contributed by atoms with Crippen molar-refractivity contribution in [1.82, 2.24) is 0 Å². The number of nitrogen functional groups attached to an aromatic ring is 2. The first-order valence-corrected chi connectivity index (χ1v) is 24.4. The van der Waals surface area contributed by atoms with Gasteiger partial charge in [0.15, 0.2) is 28.8 Å². The largest absolute Gasteiger partial charge is 0.494 e. The van der Waals surface area contributed by atoms with Gasteiger partial charge in [0.1, 0.15) is 11.5 Å². The average Bonchev–Trinajstić information content (AvgIpc) is 3.42. The van der Waals surface area contributed by atoms with Crippen LogP contribution in [0.5, 0.6) is 34.5 Å². The lowest BCUT2D eigenvalue weighted by Gasteiger charge is -2.42. The van der Waals surface area contributed by atoms with Crippen molar-refractivity contribution in [3.63, 3.8) is 0 Å². The van der Waals surface area contributed by atoms with Crippen molar-refractivity contribution in [1.29, 1.82) is 0 Å². The van der Waals surface area contributed by atoms with Gasteiger partial charge in [0.2, 0.25) is 11.6 Å². The highest BCUT2D eigenvalue weighted by molar-refractivity contribution is 6.01. The molecule has 0 bridgehead atoms. The van der Waals surface area contributed by atoms with Crippen LogP contribution in [0.2, 0.25) is 0 Å². The number of alkyl halides is 6. The standard InChI is InChI=1S/C59H56F6N2O12/c1-74-51-33-38(10-26-49(51)78-54(70)42-13-22-47(23-14-42)76-31-3-29-57(60,61)62)9-21-46(68)37-56(35-40-5-17-44(66)18-6-40,36-41-7-19-45(67)20-8-41)59(72,73)53(69)28-12-39-11-27-50(52(34-39)75-2)79-55(71)43-15-24-48(25-16-43)77-32-4-30-58(63,64)65/h5-28,33-34,72-73H,3-4,29-32,35-37,66-67H2,1-2H3. The molecule has 14 nitrogen and oxygen atoms in total. The van der Waals surface area contributed by atoms with Crippen molar-refractivity contribution >= 4 is 47.0 Å². The summed E-state index contributed by atoms with van der Waals surface area (Å²) in [4.78, 5) is 54.8. The van der Waals surface area contributed by atoms with E-state index in [1.54, 1.807) is 48.5 Å². The van der Waals surface area contributed by atoms with Gasteiger partial charge in [-0.15, -0.1) is 0 Å². The number of hydrogen-bond donors (Lipinski definition) is 4. The molecule has 0 aliphatic heterocycles. The number of ether oxygens (including phenoxy) is 6. The second-order valence-corrected chi connectivity index (χ2v) is 18.2. The van der Waals surface area contributed by atoms with Crippen LogP contribution in [0.25, 0.3) is 12.2 Å². The summed E-state index contributed by atoms with van der Waals surface area (Å²) in [5.74, 6) is -6.00. The fourth-order valence-electron chi connectivity index (χ4n) is 8.10. The van der Waals surface area contributed by atoms with Gasteiger partial charge in [0.05, 0.1) is 38.6 Å². The molecule has 0 heterocycles. The van der Waals surface area contributed by atoms with Crippen LogP contribution < -0.4 is 39.9 Å². The summed E-state index contributed by atoms with van der Waals surface area (Å²) in [6.07, 6.45) is -7.32. The van der Waals surface area contributed by atoms with Crippen LogP contribution >= 0.6 is 0 Å². The van der Waals surface area contributed by atoms with Crippen LogP contribution in [0.4, 0.5) is 37.7 Å². The van der Waals surface area contributed by atoms with E-state index < -0.39 is 66.3 Å². The maximum absolute atomic E-state index is 14.4. The van der Waals surface area contributed by atoms with Crippen molar-refractivity contribution in [3.05, 3.63) is 179 Å². The number of benzene rings is 6. The summed E-state index contributed by atoms with van der Waals surface area (Å²) in [5, 5.41) is 24.6. The number of esters is 2. The molecule has 0 aliphatic rings. The molecule has 0 amide bonds. The zero-order valence-electron chi connectivity index (χ0n) is 42.8. The van der Waals surface area contributed by atoms with Crippen molar-refractivity contribution in [2.45, 2.75) is 63.1 Å². The first kappa shape index (κ1) is 59.6. The molecule has 6 aromatic carbocycles. The number of hydrogen-bond acceptors (Lipinski definition) is 14. The fraction of sp³-hybridized carbons (Fsp3) is 0.254. The Hall–Kier alpha value is -8.62. The van der Waals surface area contributed by atoms with E-state index in [1.165, 1.54) is 117 Å². The van der Waals surface area contributed by atoms with Gasteiger partial charge in [-0.1, -0.05) is 48.6 Å². The van der Waals surface area contributed by atoms with Gasteiger partial charge in [-0.3, -0.25) is 9.59 Å². The molecular formula is C59H56F6N2O12. The Morgan fingerprint density at radius 2 is 0.911 bits per heavy atom. The lowest BCUT2D eigenvalue weighted by Crippen LogP contribution is -2.57. The predicted molar refractivity (Wildman–Crippen MR) is 282 cm³/mol. The third-order valence-electron chi connectivity index (χ3n) is 12.2. The predicted octanol–water partition coefficient (Wildman–Crippen LogP) is 11.2. The molecule has 0 saturated heterocycles. The highest BCUT2D eigenvalue weighted by Crippen LogP contribution is 2.43. The van der Waals surface area contributed by atoms with Gasteiger partial charge in [0.25, 0.3) is 0 Å². The Balaban J connectivity index is 1.21. The zero-order chi connectivity index (χ0) is 57.4. The third-order valence-corrected chi connectivity index (χ3v) is 12.2. The van der Waals surface area contributed by atoms with Crippen molar-refractivity contribution < 1.29 is 84.2 Å². The van der Waals surface area contributed by atoms with Crippen molar-refractivity contribution in [2.24, 2.45) is 5.41 Å². The number of rotatable bonds is 26. The molecule has 0 aliphatic carbocycles. The van der Waals surface area contributed by atoms with E-state index in [9.17, 15) is 55.7 Å². The number of carbonyl (C=O) groups is 4. The molecule has 6 rings (SSSR count). The van der Waals surface area contributed by atoms with E-state index in [0.717, 1.165) is 6.08 Å². The molecule has 0 unspecified atom stereocenters. The third kappa shape index (κ3) is 17.7. The number of anilines is 2. The zero-order valence-corrected chi connectivity index (χ0v) is 42.8. The van der Waals surface area contributed by atoms with E-state index in [0.29, 0.717) is 33.6 Å². The van der Waals surface area contributed by atoms with E-state index in [1.807, 2.05) is 0 Å². The highest BCUT2D eigenvalue weighted by Gasteiger charge is 2.54. The molecule has 20 heteroatoms. The maximum Gasteiger partial charge on any atom is 0.389 e. The van der Waals surface area contributed by atoms with Crippen LogP contribution in [-0.2, 0) is 22.4 Å². The molecule has 0 fully saturated rings. The molecule has 0 atom stereocenters. The Labute approximate surface area is 450 Å². The summed E-state index contributed by atoms with van der Waals surface area (Å²) >= 11 is 0. The molecule has 0 spiro atoms. The number of methoxy groups -OCH3 is 2. The molecule has 79 heavy (non-hydrogen) atoms. The summed E-state index contributed by atoms with van der Waals surface area (Å²) < 4.78 is 108. The summed E-state index contributed by atoms with van der Waals surface area (Å²) in [7, 11) is 2.64. The number of carbonyl (C=O) groups excluding carboxylic acids is 4. The lowest BCUT2D eigenvalue weighted by molar-refractivity contribution is -0.230. The molecule has 0 radical (unpaired) electrons. The molecule has 416 valence electrons. The van der Waals surface area contributed by atoms with Crippen LogP contribution in [0.15, 0.2) is 146 Å². The first-order chi connectivity index (χ1) is 37.4. The Bertz CT molecular complexity index is 3060. The SMILES string of the molecule is COc1cc(C=CC(=O)CC(Cc2ccc(N)cc2)(Cc2ccc(N)cc2)C(O)(O)C(=O)C=Cc2ccc(OC(=O)c3ccc(OCCCC(F)(F)F)cc3)c(OC)c2)ccc1OC(=O)c1ccc(OCCCC(F)(F)F)cc1. The number of halogens is 6. The van der Waals surface area contributed by atoms with Crippen LogP contribution in [0.1, 0.15) is 75.1 Å². The van der Waals surface area contributed by atoms with Crippen molar-refractivity contribution in [2.75, 3.05) is 38.9 Å². The number of nitrogens with two attached hydrogens (primary N) is 2. The number of allylic oxidation sites excluding steroid dienone is 1. The van der Waals surface area contributed by atoms with Crippen molar-refractivity contribution in [3.8, 4) is 34.5 Å². The number of ketones is 2. The van der Waals surface area contributed by atoms with E-state index in [2.05, 4.69) is 0 Å². The Morgan fingerprint density at radius 1 is 0.519 bits per heavy atom. The minimum Gasteiger partial charge on any atom is -0.494 e. The first-order valence-electron chi connectivity index (χ1n) is 24.4. The van der Waals surface area contributed by atoms with E-state index in [4.69, 9.17) is 39.9 Å². The maximum atomic E-state index is 14.4. The van der Waals surface area contributed by atoms with E-state index in [-0.39, 0.29) is 84.5 Å². The normalized spacial score (nSPS) is 12.1. The van der Waals surface area contributed by atoms with Gasteiger partial charge < -0.3 is 50.1 Å². The van der Waals surface area contributed by atoms with Gasteiger partial charge >= 0.3 is 24.3 Å². The quantitative estimate of drug-likeness (QED) is 0.00756. The smallest absolute Gasteiger partial charge is 0.389 e. The second-order valence-electron chi connectivity index (χ2n) is 18.2. The molecule has 6 N–H and O–H groups in total. The Kier molecular flexibility index (Phi) is 20.1. The van der Waals surface area contributed by atoms with Gasteiger partial charge in [-0.05, 0) is 157 Å².